The molecule has 0 aliphatic heterocycles. The van der Waals surface area contributed by atoms with Gasteiger partial charge in [0.15, 0.2) is 0 Å². The quantitative estimate of drug-likeness (QED) is 0.804. The number of nitriles is 1. The van der Waals surface area contributed by atoms with Crippen LogP contribution in [0.2, 0.25) is 0 Å². The summed E-state index contributed by atoms with van der Waals surface area (Å²) in [6.07, 6.45) is 0.731. The van der Waals surface area contributed by atoms with Gasteiger partial charge >= 0.3 is 0 Å². The van der Waals surface area contributed by atoms with Crippen LogP contribution in [0.5, 0.6) is 0 Å². The molecule has 0 amide bonds. The lowest BCUT2D eigenvalue weighted by molar-refractivity contribution is 0.0624. The lowest BCUT2D eigenvalue weighted by Gasteiger charge is -2.28. The number of hydrogen-bond acceptors (Lipinski definition) is 3. The van der Waals surface area contributed by atoms with Crippen molar-refractivity contribution in [3.05, 3.63) is 0 Å². The zero-order chi connectivity index (χ0) is 13.7. The van der Waals surface area contributed by atoms with Crippen LogP contribution in [-0.2, 0) is 11.4 Å². The molecule has 0 heterocycles. The molecule has 6 heteroatoms. The van der Waals surface area contributed by atoms with Crippen molar-refractivity contribution in [3.63, 3.8) is 0 Å². The van der Waals surface area contributed by atoms with Gasteiger partial charge in [0.2, 0.25) is 0 Å². The molecule has 18 heavy (non-hydrogen) atoms. The summed E-state index contributed by atoms with van der Waals surface area (Å²) < 4.78 is 40.4. The van der Waals surface area contributed by atoms with Crippen LogP contribution in [0.1, 0.15) is 33.6 Å². The fourth-order valence-electron chi connectivity index (χ4n) is 2.64. The predicted octanol–water partition coefficient (Wildman–Crippen LogP) is 2.22. The highest BCUT2D eigenvalue weighted by atomic mass is 32.2. The maximum atomic E-state index is 13.1. The summed E-state index contributed by atoms with van der Waals surface area (Å²) in [6, 6.07) is 1.48. The lowest BCUT2D eigenvalue weighted by Crippen LogP contribution is -2.47. The molecular weight excluding hydrogens is 258 g/mol. The van der Waals surface area contributed by atoms with Gasteiger partial charge in [0.05, 0.1) is 6.07 Å². The summed E-state index contributed by atoms with van der Waals surface area (Å²) in [5.74, 6) is -3.72. The van der Waals surface area contributed by atoms with Crippen molar-refractivity contribution in [1.29, 1.82) is 5.26 Å². The third kappa shape index (κ3) is 2.36. The summed E-state index contributed by atoms with van der Waals surface area (Å²) >= 11 is -1.34. The predicted molar refractivity (Wildman–Crippen MR) is 65.1 cm³/mol. The van der Waals surface area contributed by atoms with Gasteiger partial charge in [-0.05, 0) is 39.5 Å². The van der Waals surface area contributed by atoms with E-state index in [0.29, 0.717) is 12.8 Å². The van der Waals surface area contributed by atoms with Crippen LogP contribution in [-0.4, -0.2) is 21.3 Å². The first-order valence-electron chi connectivity index (χ1n) is 6.13. The van der Waals surface area contributed by atoms with Crippen LogP contribution >= 0.6 is 0 Å². The highest BCUT2D eigenvalue weighted by Crippen LogP contribution is 2.66. The molecule has 0 bridgehead atoms. The van der Waals surface area contributed by atoms with Gasteiger partial charge in [-0.1, -0.05) is 0 Å². The third-order valence-corrected chi connectivity index (χ3v) is 5.46. The fraction of sp³-hybridized carbons (Fsp3) is 0.917. The molecule has 0 aromatic rings. The van der Waals surface area contributed by atoms with Crippen LogP contribution in [0.15, 0.2) is 0 Å². The van der Waals surface area contributed by atoms with E-state index in [1.54, 1.807) is 0 Å². The number of halogens is 2. The molecule has 3 nitrogen and oxygen atoms in total. The van der Waals surface area contributed by atoms with E-state index in [2.05, 4.69) is 10.8 Å². The summed E-state index contributed by atoms with van der Waals surface area (Å²) in [5, 5.41) is 9.10. The number of nitrogens with one attached hydrogen (secondary N) is 1. The molecule has 2 unspecified atom stereocenters. The molecule has 2 aliphatic carbocycles. The SMILES string of the molecule is CC(C)(C)[S@+]([O-])NC(C#N)C1C[C@@H]2[C@H](C1)C2(F)F. The van der Waals surface area contributed by atoms with Crippen molar-refractivity contribution >= 4 is 11.4 Å². The van der Waals surface area contributed by atoms with Gasteiger partial charge in [-0.2, -0.15) is 5.26 Å². The smallest absolute Gasteiger partial charge is 0.254 e. The van der Waals surface area contributed by atoms with E-state index in [1.165, 1.54) is 0 Å². The molecule has 5 atom stereocenters. The van der Waals surface area contributed by atoms with Crippen LogP contribution in [0.4, 0.5) is 8.78 Å². The Morgan fingerprint density at radius 3 is 2.28 bits per heavy atom. The Bertz CT molecular complexity index is 363. The summed E-state index contributed by atoms with van der Waals surface area (Å²) in [4.78, 5) is 0. The first-order valence-corrected chi connectivity index (χ1v) is 7.28. The Morgan fingerprint density at radius 1 is 1.39 bits per heavy atom. The van der Waals surface area contributed by atoms with Gasteiger partial charge in [-0.15, -0.1) is 4.72 Å². The Balaban J connectivity index is 1.91. The van der Waals surface area contributed by atoms with Gasteiger partial charge in [0, 0.05) is 23.2 Å². The molecule has 1 N–H and O–H groups in total. The third-order valence-electron chi connectivity index (χ3n) is 3.88. The highest BCUT2D eigenvalue weighted by Gasteiger charge is 2.72. The fourth-order valence-corrected chi connectivity index (χ4v) is 3.47. The maximum Gasteiger partial charge on any atom is 0.254 e. The molecular formula is C12H18F2N2OS. The number of nitrogens with zero attached hydrogens (tertiary/aromatic N) is 1. The van der Waals surface area contributed by atoms with Crippen LogP contribution in [0.3, 0.4) is 0 Å². The van der Waals surface area contributed by atoms with Gasteiger partial charge < -0.3 is 4.55 Å². The van der Waals surface area contributed by atoms with Crippen molar-refractivity contribution in [2.75, 3.05) is 0 Å². The lowest BCUT2D eigenvalue weighted by atomic mass is 9.95. The first-order chi connectivity index (χ1) is 8.17. The molecule has 0 spiro atoms. The van der Waals surface area contributed by atoms with Crippen LogP contribution in [0, 0.1) is 29.1 Å². The van der Waals surface area contributed by atoms with Crippen molar-refractivity contribution in [2.24, 2.45) is 17.8 Å². The molecule has 0 aromatic heterocycles. The largest absolute Gasteiger partial charge is 0.598 e. The minimum absolute atomic E-state index is 0.101. The Morgan fingerprint density at radius 2 is 1.89 bits per heavy atom. The summed E-state index contributed by atoms with van der Waals surface area (Å²) in [7, 11) is 0. The average Bonchev–Trinajstić information content (AvgIpc) is 2.68. The monoisotopic (exact) mass is 276 g/mol. The van der Waals surface area contributed by atoms with Crippen molar-refractivity contribution in [1.82, 2.24) is 4.72 Å². The molecule has 0 radical (unpaired) electrons. The number of alkyl halides is 2. The van der Waals surface area contributed by atoms with Crippen LogP contribution < -0.4 is 4.72 Å². The minimum atomic E-state index is -2.51. The zero-order valence-corrected chi connectivity index (χ0v) is 11.6. The van der Waals surface area contributed by atoms with Gasteiger partial charge in [-0.25, -0.2) is 8.78 Å². The van der Waals surface area contributed by atoms with E-state index in [9.17, 15) is 13.3 Å². The van der Waals surface area contributed by atoms with E-state index in [0.717, 1.165) is 0 Å². The standard InChI is InChI=1S/C12H18F2N2OS/c1-11(2,3)18(17)16-10(6-15)7-4-8-9(5-7)12(8,13)14/h7-10,16H,4-5H2,1-3H3/t7?,8-,9+,10?,18-/m0/s1. The van der Waals surface area contributed by atoms with Gasteiger partial charge in [0.25, 0.3) is 5.92 Å². The second-order valence-electron chi connectivity index (χ2n) is 6.22. The van der Waals surface area contributed by atoms with Crippen molar-refractivity contribution < 1.29 is 13.3 Å². The number of hydrogen-bond donors (Lipinski definition) is 1. The molecule has 0 saturated heterocycles. The van der Waals surface area contributed by atoms with E-state index >= 15 is 0 Å². The van der Waals surface area contributed by atoms with Crippen LogP contribution in [0.25, 0.3) is 0 Å². The molecule has 102 valence electrons. The minimum Gasteiger partial charge on any atom is -0.598 e. The summed E-state index contributed by atoms with van der Waals surface area (Å²) in [5.41, 5.74) is 0. The summed E-state index contributed by atoms with van der Waals surface area (Å²) in [6.45, 7) is 5.43. The van der Waals surface area contributed by atoms with Gasteiger partial charge in [0.1, 0.15) is 10.8 Å². The number of rotatable bonds is 3. The van der Waals surface area contributed by atoms with E-state index in [4.69, 9.17) is 5.26 Å². The molecule has 2 saturated carbocycles. The molecule has 2 rings (SSSR count). The maximum absolute atomic E-state index is 13.1. The first kappa shape index (κ1) is 14.0. The normalized spacial score (nSPS) is 36.6. The zero-order valence-electron chi connectivity index (χ0n) is 10.7. The van der Waals surface area contributed by atoms with E-state index in [1.807, 2.05) is 20.8 Å². The topological polar surface area (TPSA) is 58.9 Å². The van der Waals surface area contributed by atoms with E-state index in [-0.39, 0.29) is 5.92 Å². The Labute approximate surface area is 109 Å². The second-order valence-corrected chi connectivity index (χ2v) is 8.22. The van der Waals surface area contributed by atoms with Gasteiger partial charge in [-0.3, -0.25) is 0 Å². The van der Waals surface area contributed by atoms with Crippen molar-refractivity contribution in [3.8, 4) is 6.07 Å². The molecule has 2 aliphatic rings. The molecule has 2 fully saturated rings. The van der Waals surface area contributed by atoms with Crippen molar-refractivity contribution in [2.45, 2.75) is 50.3 Å². The number of fused-ring (bicyclic) bond motifs is 1. The molecule has 0 aromatic carbocycles. The van der Waals surface area contributed by atoms with E-state index < -0.39 is 39.9 Å². The average molecular weight is 276 g/mol. The Kier molecular flexibility index (Phi) is 3.37. The highest BCUT2D eigenvalue weighted by molar-refractivity contribution is 7.90. The Hall–Kier alpha value is -0.380. The second kappa shape index (κ2) is 4.32.